The lowest BCUT2D eigenvalue weighted by Crippen LogP contribution is -2.39. The normalized spacial score (nSPS) is 54.2. The summed E-state index contributed by atoms with van der Waals surface area (Å²) in [5.41, 5.74) is 0.00127. The Morgan fingerprint density at radius 1 is 1.38 bits per heavy atom. The highest BCUT2D eigenvalue weighted by Crippen LogP contribution is 2.65. The zero-order valence-electron chi connectivity index (χ0n) is 10.3. The highest BCUT2D eigenvalue weighted by atomic mass is 16.5. The van der Waals surface area contributed by atoms with E-state index in [2.05, 4.69) is 6.92 Å². The van der Waals surface area contributed by atoms with Crippen molar-refractivity contribution in [1.29, 1.82) is 0 Å². The first-order valence-electron chi connectivity index (χ1n) is 6.75. The first kappa shape index (κ1) is 10.8. The molecule has 3 aliphatic carbocycles. The number of fused-ring (bicyclic) bond motifs is 5. The second kappa shape index (κ2) is 3.56. The average molecular weight is 222 g/mol. The van der Waals surface area contributed by atoms with Gasteiger partial charge in [-0.25, -0.2) is 0 Å². The topological polar surface area (TPSA) is 26.3 Å². The third-order valence-electron chi connectivity index (χ3n) is 5.92. The quantitative estimate of drug-likeness (QED) is 0.686. The van der Waals surface area contributed by atoms with Crippen LogP contribution in [-0.2, 0) is 9.53 Å². The van der Waals surface area contributed by atoms with Crippen LogP contribution in [0.2, 0.25) is 0 Å². The summed E-state index contributed by atoms with van der Waals surface area (Å²) in [6, 6.07) is 0. The Hall–Kier alpha value is -0.370. The largest absolute Gasteiger partial charge is 0.381 e. The summed E-state index contributed by atoms with van der Waals surface area (Å²) in [4.78, 5) is 11.5. The fraction of sp³-hybridized carbons (Fsp3) is 0.929. The van der Waals surface area contributed by atoms with Crippen LogP contribution in [0.5, 0.6) is 0 Å². The summed E-state index contributed by atoms with van der Waals surface area (Å²) < 4.78 is 5.62. The van der Waals surface area contributed by atoms with Crippen LogP contribution in [0.25, 0.3) is 0 Å². The smallest absolute Gasteiger partial charge is 0.126 e. The summed E-state index contributed by atoms with van der Waals surface area (Å²) in [5.74, 6) is 3.00. The molecule has 3 aliphatic rings. The molecule has 3 rings (SSSR count). The summed E-state index contributed by atoms with van der Waals surface area (Å²) in [7, 11) is 1.84. The molecule has 0 saturated heterocycles. The molecule has 6 atom stereocenters. The third-order valence-corrected chi connectivity index (χ3v) is 5.92. The van der Waals surface area contributed by atoms with Gasteiger partial charge in [-0.1, -0.05) is 6.92 Å². The molecule has 16 heavy (non-hydrogen) atoms. The summed E-state index contributed by atoms with van der Waals surface area (Å²) in [5, 5.41) is 0. The first-order valence-corrected chi connectivity index (χ1v) is 6.75. The average Bonchev–Trinajstić information content (AvgIpc) is 2.98. The van der Waals surface area contributed by atoms with Crippen molar-refractivity contribution in [1.82, 2.24) is 0 Å². The van der Waals surface area contributed by atoms with E-state index in [0.717, 1.165) is 24.7 Å². The van der Waals surface area contributed by atoms with Crippen LogP contribution < -0.4 is 0 Å². The van der Waals surface area contributed by atoms with Crippen LogP contribution in [-0.4, -0.2) is 19.5 Å². The van der Waals surface area contributed by atoms with Gasteiger partial charge in [0, 0.05) is 12.5 Å². The van der Waals surface area contributed by atoms with E-state index >= 15 is 0 Å². The van der Waals surface area contributed by atoms with Gasteiger partial charge in [0.2, 0.25) is 0 Å². The van der Waals surface area contributed by atoms with Gasteiger partial charge in [-0.05, 0) is 55.8 Å². The Morgan fingerprint density at radius 2 is 2.19 bits per heavy atom. The number of carbonyl (C=O) groups excluding carboxylic acids is 1. The summed E-state index contributed by atoms with van der Waals surface area (Å²) in [6.07, 6.45) is 7.74. The predicted molar refractivity (Wildman–Crippen MR) is 62.0 cm³/mol. The molecule has 0 amide bonds. The highest BCUT2D eigenvalue weighted by Gasteiger charge is 2.62. The van der Waals surface area contributed by atoms with E-state index in [1.807, 2.05) is 7.11 Å². The minimum absolute atomic E-state index is 0.00127. The van der Waals surface area contributed by atoms with Crippen molar-refractivity contribution in [2.24, 2.45) is 29.1 Å². The van der Waals surface area contributed by atoms with Gasteiger partial charge in [0.25, 0.3) is 0 Å². The number of carbonyl (C=O) groups is 1. The van der Waals surface area contributed by atoms with E-state index in [0.29, 0.717) is 17.9 Å². The number of ether oxygens (including phenoxy) is 1. The van der Waals surface area contributed by atoms with Crippen molar-refractivity contribution in [3.05, 3.63) is 0 Å². The molecule has 0 N–H and O–H groups in total. The molecule has 0 heterocycles. The van der Waals surface area contributed by atoms with Gasteiger partial charge < -0.3 is 9.53 Å². The molecule has 2 bridgehead atoms. The van der Waals surface area contributed by atoms with Gasteiger partial charge in [0.05, 0.1) is 6.10 Å². The second-order valence-corrected chi connectivity index (χ2v) is 6.10. The zero-order valence-corrected chi connectivity index (χ0v) is 10.3. The molecule has 0 spiro atoms. The number of aldehydes is 1. The fourth-order valence-electron chi connectivity index (χ4n) is 5.18. The zero-order chi connectivity index (χ0) is 11.3. The number of hydrogen-bond donors (Lipinski definition) is 0. The minimum atomic E-state index is 0.00127. The summed E-state index contributed by atoms with van der Waals surface area (Å²) >= 11 is 0. The lowest BCUT2D eigenvalue weighted by atomic mass is 9.67. The van der Waals surface area contributed by atoms with Gasteiger partial charge in [0.15, 0.2) is 0 Å². The van der Waals surface area contributed by atoms with Crippen molar-refractivity contribution in [3.63, 3.8) is 0 Å². The Labute approximate surface area is 97.7 Å². The first-order chi connectivity index (χ1) is 7.75. The number of hydrogen-bond acceptors (Lipinski definition) is 2. The molecule has 3 saturated carbocycles. The van der Waals surface area contributed by atoms with Gasteiger partial charge in [-0.15, -0.1) is 0 Å². The molecule has 3 fully saturated rings. The Bertz CT molecular complexity index is 301. The molecular formula is C14H22O2. The molecule has 0 aromatic rings. The summed E-state index contributed by atoms with van der Waals surface area (Å²) in [6.45, 7) is 2.19. The highest BCUT2D eigenvalue weighted by molar-refractivity contribution is 5.61. The molecule has 0 aromatic carbocycles. The van der Waals surface area contributed by atoms with Gasteiger partial charge >= 0.3 is 0 Å². The van der Waals surface area contributed by atoms with Crippen molar-refractivity contribution in [2.45, 2.75) is 45.1 Å². The monoisotopic (exact) mass is 222 g/mol. The second-order valence-electron chi connectivity index (χ2n) is 6.10. The van der Waals surface area contributed by atoms with Crippen molar-refractivity contribution in [2.75, 3.05) is 7.11 Å². The van der Waals surface area contributed by atoms with E-state index in [-0.39, 0.29) is 5.41 Å². The number of rotatable bonds is 3. The number of methoxy groups -OCH3 is 1. The maximum Gasteiger partial charge on any atom is 0.126 e. The Balaban J connectivity index is 1.92. The molecule has 90 valence electrons. The van der Waals surface area contributed by atoms with E-state index in [1.54, 1.807) is 0 Å². The van der Waals surface area contributed by atoms with E-state index in [4.69, 9.17) is 4.74 Å². The van der Waals surface area contributed by atoms with E-state index in [9.17, 15) is 4.79 Å². The van der Waals surface area contributed by atoms with Gasteiger partial charge in [-0.2, -0.15) is 0 Å². The van der Waals surface area contributed by atoms with Crippen molar-refractivity contribution in [3.8, 4) is 0 Å². The van der Waals surface area contributed by atoms with Crippen LogP contribution in [0.3, 0.4) is 0 Å². The third kappa shape index (κ3) is 1.14. The van der Waals surface area contributed by atoms with Crippen LogP contribution in [0.1, 0.15) is 39.0 Å². The van der Waals surface area contributed by atoms with Gasteiger partial charge in [-0.3, -0.25) is 0 Å². The van der Waals surface area contributed by atoms with Crippen molar-refractivity contribution < 1.29 is 9.53 Å². The Morgan fingerprint density at radius 3 is 2.81 bits per heavy atom. The molecule has 0 aromatic heterocycles. The molecular weight excluding hydrogens is 200 g/mol. The van der Waals surface area contributed by atoms with E-state index < -0.39 is 0 Å². The SMILES string of the molecule is CCC1(C=O)CCC2C3CC(OC)C(C3)C21. The maximum absolute atomic E-state index is 11.5. The standard InChI is InChI=1S/C14H22O2/c1-3-14(8-15)5-4-10-9-6-11(13(10)14)12(7-9)16-2/h8-13H,3-7H2,1-2H3. The van der Waals surface area contributed by atoms with Crippen LogP contribution in [0.4, 0.5) is 0 Å². The molecule has 0 aliphatic heterocycles. The lowest BCUT2D eigenvalue weighted by molar-refractivity contribution is -0.121. The predicted octanol–water partition coefficient (Wildman–Crippen LogP) is 2.66. The molecule has 0 radical (unpaired) electrons. The molecule has 6 unspecified atom stereocenters. The fourth-order valence-corrected chi connectivity index (χ4v) is 5.18. The van der Waals surface area contributed by atoms with Crippen LogP contribution in [0.15, 0.2) is 0 Å². The van der Waals surface area contributed by atoms with Crippen molar-refractivity contribution >= 4 is 6.29 Å². The van der Waals surface area contributed by atoms with Gasteiger partial charge in [0.1, 0.15) is 6.29 Å². The van der Waals surface area contributed by atoms with Crippen LogP contribution in [0, 0.1) is 29.1 Å². The minimum Gasteiger partial charge on any atom is -0.381 e. The van der Waals surface area contributed by atoms with E-state index in [1.165, 1.54) is 25.5 Å². The Kier molecular flexibility index (Phi) is 2.39. The molecule has 2 heteroatoms. The maximum atomic E-state index is 11.5. The molecule has 2 nitrogen and oxygen atoms in total. The lowest BCUT2D eigenvalue weighted by Gasteiger charge is -2.38. The van der Waals surface area contributed by atoms with Crippen LogP contribution >= 0.6 is 0 Å².